The highest BCUT2D eigenvalue weighted by Gasteiger charge is 2.18. The molecule has 0 amide bonds. The topological polar surface area (TPSA) is 25.2 Å². The Balaban J connectivity index is 2.38. The second-order valence-corrected chi connectivity index (χ2v) is 4.81. The minimum atomic E-state index is -0.210. The minimum absolute atomic E-state index is 0.0203. The number of furan rings is 1. The first kappa shape index (κ1) is 13.8. The van der Waals surface area contributed by atoms with E-state index >= 15 is 0 Å². The molecule has 0 saturated carbocycles. The van der Waals surface area contributed by atoms with Gasteiger partial charge >= 0.3 is 0 Å². The lowest BCUT2D eigenvalue weighted by Gasteiger charge is -2.18. The number of halogens is 1. The number of hydrogen-bond donors (Lipinski definition) is 1. The zero-order valence-electron chi connectivity index (χ0n) is 11.7. The monoisotopic (exact) mass is 261 g/mol. The summed E-state index contributed by atoms with van der Waals surface area (Å²) >= 11 is 0. The third-order valence-electron chi connectivity index (χ3n) is 3.17. The molecule has 2 nitrogen and oxygen atoms in total. The van der Waals surface area contributed by atoms with Crippen molar-refractivity contribution in [3.8, 4) is 0 Å². The molecular formula is C16H20FNO. The fourth-order valence-corrected chi connectivity index (χ4v) is 2.32. The number of benzene rings is 1. The highest BCUT2D eigenvalue weighted by molar-refractivity contribution is 5.34. The molecule has 1 aromatic carbocycles. The van der Waals surface area contributed by atoms with Crippen molar-refractivity contribution >= 4 is 0 Å². The Morgan fingerprint density at radius 3 is 2.63 bits per heavy atom. The second kappa shape index (κ2) is 6.02. The summed E-state index contributed by atoms with van der Waals surface area (Å²) in [5.74, 6) is 1.56. The molecule has 0 aliphatic rings. The summed E-state index contributed by atoms with van der Waals surface area (Å²) in [6, 6.07) is 8.73. The van der Waals surface area contributed by atoms with Gasteiger partial charge in [-0.25, -0.2) is 4.39 Å². The molecule has 102 valence electrons. The first-order valence-corrected chi connectivity index (χ1v) is 6.67. The summed E-state index contributed by atoms with van der Waals surface area (Å²) < 4.78 is 19.0. The Labute approximate surface area is 113 Å². The van der Waals surface area contributed by atoms with E-state index in [1.165, 1.54) is 6.07 Å². The highest BCUT2D eigenvalue weighted by Crippen LogP contribution is 2.27. The van der Waals surface area contributed by atoms with Crippen molar-refractivity contribution in [1.82, 2.24) is 5.32 Å². The van der Waals surface area contributed by atoms with Crippen molar-refractivity contribution in [1.29, 1.82) is 0 Å². The Bertz CT molecular complexity index is 547. The third-order valence-corrected chi connectivity index (χ3v) is 3.17. The smallest absolute Gasteiger partial charge is 0.123 e. The van der Waals surface area contributed by atoms with Gasteiger partial charge in [-0.1, -0.05) is 19.1 Å². The molecule has 1 heterocycles. The molecule has 0 spiro atoms. The molecule has 3 heteroatoms. The largest absolute Gasteiger partial charge is 0.466 e. The molecule has 1 N–H and O–H groups in total. The summed E-state index contributed by atoms with van der Waals surface area (Å²) in [5.41, 5.74) is 2.01. The van der Waals surface area contributed by atoms with E-state index in [4.69, 9.17) is 4.42 Å². The van der Waals surface area contributed by atoms with Gasteiger partial charge in [0.2, 0.25) is 0 Å². The van der Waals surface area contributed by atoms with Gasteiger partial charge in [-0.2, -0.15) is 0 Å². The van der Waals surface area contributed by atoms with Crippen molar-refractivity contribution in [2.45, 2.75) is 33.2 Å². The van der Waals surface area contributed by atoms with Gasteiger partial charge in [-0.3, -0.25) is 0 Å². The lowest BCUT2D eigenvalue weighted by Crippen LogP contribution is -2.23. The van der Waals surface area contributed by atoms with Crippen molar-refractivity contribution < 1.29 is 8.81 Å². The highest BCUT2D eigenvalue weighted by atomic mass is 19.1. The van der Waals surface area contributed by atoms with Gasteiger partial charge in [0, 0.05) is 5.56 Å². The Morgan fingerprint density at radius 2 is 2.05 bits per heavy atom. The first-order chi connectivity index (χ1) is 9.11. The van der Waals surface area contributed by atoms with Crippen LogP contribution in [0.4, 0.5) is 4.39 Å². The van der Waals surface area contributed by atoms with Gasteiger partial charge in [0.25, 0.3) is 0 Å². The molecule has 0 aliphatic heterocycles. The molecule has 0 radical (unpaired) electrons. The van der Waals surface area contributed by atoms with E-state index in [-0.39, 0.29) is 11.9 Å². The molecule has 1 aromatic heterocycles. The summed E-state index contributed by atoms with van der Waals surface area (Å²) in [7, 11) is 0. The number of rotatable bonds is 5. The lowest BCUT2D eigenvalue weighted by atomic mass is 9.98. The maximum Gasteiger partial charge on any atom is 0.123 e. The summed E-state index contributed by atoms with van der Waals surface area (Å²) in [6.07, 6.45) is 1.03. The fraction of sp³-hybridized carbons (Fsp3) is 0.375. The van der Waals surface area contributed by atoms with Gasteiger partial charge in [0.05, 0.1) is 6.04 Å². The van der Waals surface area contributed by atoms with Crippen LogP contribution in [0.25, 0.3) is 0 Å². The predicted octanol–water partition coefficient (Wildman–Crippen LogP) is 4.12. The van der Waals surface area contributed by atoms with Crippen LogP contribution in [0, 0.1) is 19.7 Å². The maximum absolute atomic E-state index is 13.4. The van der Waals surface area contributed by atoms with Gasteiger partial charge in [-0.15, -0.1) is 0 Å². The zero-order valence-corrected chi connectivity index (χ0v) is 11.7. The number of nitrogens with one attached hydrogen (secondary N) is 1. The predicted molar refractivity (Wildman–Crippen MR) is 74.7 cm³/mol. The molecular weight excluding hydrogens is 241 g/mol. The van der Waals surface area contributed by atoms with Crippen LogP contribution in [-0.2, 0) is 0 Å². The molecule has 0 saturated heterocycles. The minimum Gasteiger partial charge on any atom is -0.466 e. The summed E-state index contributed by atoms with van der Waals surface area (Å²) in [5, 5.41) is 3.46. The van der Waals surface area contributed by atoms with E-state index in [2.05, 4.69) is 12.2 Å². The second-order valence-electron chi connectivity index (χ2n) is 4.81. The van der Waals surface area contributed by atoms with Gasteiger partial charge in [0.1, 0.15) is 17.3 Å². The third kappa shape index (κ3) is 3.24. The van der Waals surface area contributed by atoms with Gasteiger partial charge in [0.15, 0.2) is 0 Å². The normalized spacial score (nSPS) is 12.6. The van der Waals surface area contributed by atoms with Crippen molar-refractivity contribution in [2.75, 3.05) is 6.54 Å². The molecule has 0 aliphatic carbocycles. The van der Waals surface area contributed by atoms with Crippen LogP contribution >= 0.6 is 0 Å². The molecule has 1 unspecified atom stereocenters. The van der Waals surface area contributed by atoms with Crippen LogP contribution < -0.4 is 5.32 Å². The first-order valence-electron chi connectivity index (χ1n) is 6.67. The van der Waals surface area contributed by atoms with E-state index in [0.29, 0.717) is 0 Å². The van der Waals surface area contributed by atoms with E-state index in [1.807, 2.05) is 26.0 Å². The molecule has 0 bridgehead atoms. The molecule has 0 fully saturated rings. The number of hydrogen-bond acceptors (Lipinski definition) is 2. The average molecular weight is 261 g/mol. The van der Waals surface area contributed by atoms with E-state index in [9.17, 15) is 4.39 Å². The fourth-order valence-electron chi connectivity index (χ4n) is 2.32. The Hall–Kier alpha value is -1.61. The molecule has 19 heavy (non-hydrogen) atoms. The van der Waals surface area contributed by atoms with Crippen molar-refractivity contribution in [3.05, 3.63) is 58.8 Å². The average Bonchev–Trinajstić information content (AvgIpc) is 2.69. The SMILES string of the molecule is CCCNC(c1cccc(F)c1)c1cc(C)oc1C. The lowest BCUT2D eigenvalue weighted by molar-refractivity contribution is 0.493. The molecule has 2 rings (SSSR count). The van der Waals surface area contributed by atoms with Crippen LogP contribution in [0.5, 0.6) is 0 Å². The Morgan fingerprint density at radius 1 is 1.26 bits per heavy atom. The van der Waals surface area contributed by atoms with Gasteiger partial charge in [-0.05, 0) is 50.6 Å². The van der Waals surface area contributed by atoms with E-state index in [0.717, 1.165) is 35.6 Å². The van der Waals surface area contributed by atoms with E-state index in [1.54, 1.807) is 12.1 Å². The zero-order chi connectivity index (χ0) is 13.8. The Kier molecular flexibility index (Phi) is 4.38. The van der Waals surface area contributed by atoms with E-state index < -0.39 is 0 Å². The van der Waals surface area contributed by atoms with Crippen LogP contribution in [0.15, 0.2) is 34.7 Å². The van der Waals surface area contributed by atoms with Gasteiger partial charge < -0.3 is 9.73 Å². The summed E-state index contributed by atoms with van der Waals surface area (Å²) in [4.78, 5) is 0. The number of aryl methyl sites for hydroxylation is 2. The standard InChI is InChI=1S/C16H20FNO/c1-4-8-18-16(13-6-5-7-14(17)10-13)15-9-11(2)19-12(15)3/h5-7,9-10,16,18H,4,8H2,1-3H3. The van der Waals surface area contributed by atoms with Crippen LogP contribution in [0.3, 0.4) is 0 Å². The molecule has 1 atom stereocenters. The van der Waals surface area contributed by atoms with Crippen molar-refractivity contribution in [3.63, 3.8) is 0 Å². The van der Waals surface area contributed by atoms with Crippen LogP contribution in [0.2, 0.25) is 0 Å². The van der Waals surface area contributed by atoms with Crippen LogP contribution in [0.1, 0.15) is 42.0 Å². The van der Waals surface area contributed by atoms with Crippen molar-refractivity contribution in [2.24, 2.45) is 0 Å². The maximum atomic E-state index is 13.4. The quantitative estimate of drug-likeness (QED) is 0.875. The summed E-state index contributed by atoms with van der Waals surface area (Å²) in [6.45, 7) is 6.87. The molecule has 2 aromatic rings. The van der Waals surface area contributed by atoms with Crippen LogP contribution in [-0.4, -0.2) is 6.54 Å².